The number of aryl methyl sites for hydroxylation is 1. The number of hydrogen-bond donors (Lipinski definition) is 1. The normalized spacial score (nSPS) is 20.1. The number of fused-ring (bicyclic) bond motifs is 3. The summed E-state index contributed by atoms with van der Waals surface area (Å²) >= 11 is 0. The SMILES string of the molecule is CC(C)N1CCC(Nc2c3c(nc4cc5c(cc24)OCO5)CCC3)CC1. The maximum atomic E-state index is 5.63. The molecule has 0 bridgehead atoms. The first-order valence-corrected chi connectivity index (χ1v) is 9.95. The van der Waals surface area contributed by atoms with Crippen LogP contribution in [0.15, 0.2) is 12.1 Å². The molecule has 1 fully saturated rings. The Bertz CT molecular complexity index is 836. The summed E-state index contributed by atoms with van der Waals surface area (Å²) in [5.74, 6) is 1.66. The van der Waals surface area contributed by atoms with E-state index in [0.717, 1.165) is 29.9 Å². The lowest BCUT2D eigenvalue weighted by Crippen LogP contribution is -2.42. The molecule has 0 saturated carbocycles. The number of nitrogens with one attached hydrogen (secondary N) is 1. The zero-order valence-corrected chi connectivity index (χ0v) is 15.7. The van der Waals surface area contributed by atoms with Gasteiger partial charge in [0, 0.05) is 48.0 Å². The number of aromatic nitrogens is 1. The Morgan fingerprint density at radius 1 is 1.12 bits per heavy atom. The van der Waals surface area contributed by atoms with Crippen molar-refractivity contribution in [2.45, 2.75) is 58.0 Å². The minimum atomic E-state index is 0.307. The van der Waals surface area contributed by atoms with Crippen LogP contribution >= 0.6 is 0 Å². The molecule has 138 valence electrons. The first-order chi connectivity index (χ1) is 12.7. The van der Waals surface area contributed by atoms with Crippen molar-refractivity contribution < 1.29 is 9.47 Å². The number of rotatable bonds is 3. The van der Waals surface area contributed by atoms with Gasteiger partial charge >= 0.3 is 0 Å². The van der Waals surface area contributed by atoms with E-state index in [2.05, 4.69) is 30.1 Å². The van der Waals surface area contributed by atoms with Crippen molar-refractivity contribution in [3.63, 3.8) is 0 Å². The third-order valence-electron chi connectivity index (χ3n) is 6.11. The third-order valence-corrected chi connectivity index (χ3v) is 6.11. The summed E-state index contributed by atoms with van der Waals surface area (Å²) in [5, 5.41) is 5.09. The van der Waals surface area contributed by atoms with E-state index in [4.69, 9.17) is 14.5 Å². The van der Waals surface area contributed by atoms with E-state index in [1.54, 1.807) is 0 Å². The fourth-order valence-corrected chi connectivity index (χ4v) is 4.58. The predicted octanol–water partition coefficient (Wildman–Crippen LogP) is 3.74. The summed E-state index contributed by atoms with van der Waals surface area (Å²) in [5.41, 5.74) is 5.00. The lowest BCUT2D eigenvalue weighted by molar-refractivity contribution is 0.174. The number of piperidine rings is 1. The van der Waals surface area contributed by atoms with Crippen molar-refractivity contribution in [2.24, 2.45) is 0 Å². The van der Waals surface area contributed by atoms with Crippen molar-refractivity contribution in [1.29, 1.82) is 0 Å². The smallest absolute Gasteiger partial charge is 0.231 e. The maximum Gasteiger partial charge on any atom is 0.231 e. The molecule has 0 atom stereocenters. The van der Waals surface area contributed by atoms with Crippen molar-refractivity contribution >= 4 is 16.6 Å². The summed E-state index contributed by atoms with van der Waals surface area (Å²) in [4.78, 5) is 7.51. The summed E-state index contributed by atoms with van der Waals surface area (Å²) in [6.07, 6.45) is 5.80. The van der Waals surface area contributed by atoms with Gasteiger partial charge in [0.05, 0.1) is 5.52 Å². The van der Waals surface area contributed by atoms with Gasteiger partial charge in [0.25, 0.3) is 0 Å². The van der Waals surface area contributed by atoms with E-state index in [1.165, 1.54) is 54.7 Å². The highest BCUT2D eigenvalue weighted by Crippen LogP contribution is 2.41. The lowest BCUT2D eigenvalue weighted by Gasteiger charge is -2.35. The number of likely N-dealkylation sites (tertiary alicyclic amines) is 1. The van der Waals surface area contributed by atoms with E-state index in [-0.39, 0.29) is 0 Å². The number of benzene rings is 1. The molecule has 0 unspecified atom stereocenters. The molecule has 2 aliphatic heterocycles. The molecule has 1 aromatic carbocycles. The van der Waals surface area contributed by atoms with Crippen LogP contribution in [0.1, 0.15) is 44.4 Å². The molecule has 1 saturated heterocycles. The molecule has 26 heavy (non-hydrogen) atoms. The van der Waals surface area contributed by atoms with Gasteiger partial charge in [0.1, 0.15) is 0 Å². The molecule has 3 aliphatic rings. The van der Waals surface area contributed by atoms with Crippen LogP contribution in [0.2, 0.25) is 0 Å². The van der Waals surface area contributed by atoms with Gasteiger partial charge < -0.3 is 19.7 Å². The Balaban J connectivity index is 1.50. The maximum absolute atomic E-state index is 5.63. The summed E-state index contributed by atoms with van der Waals surface area (Å²) in [6.45, 7) is 7.24. The predicted molar refractivity (Wildman–Crippen MR) is 103 cm³/mol. The quantitative estimate of drug-likeness (QED) is 0.911. The topological polar surface area (TPSA) is 46.6 Å². The van der Waals surface area contributed by atoms with Crippen LogP contribution in [0.25, 0.3) is 10.9 Å². The molecule has 2 aromatic rings. The zero-order chi connectivity index (χ0) is 17.7. The minimum absolute atomic E-state index is 0.307. The molecule has 5 rings (SSSR count). The van der Waals surface area contributed by atoms with Crippen molar-refractivity contribution in [3.8, 4) is 11.5 Å². The molecule has 0 amide bonds. The second-order valence-electron chi connectivity index (χ2n) is 8.04. The van der Waals surface area contributed by atoms with Crippen molar-refractivity contribution in [3.05, 3.63) is 23.4 Å². The van der Waals surface area contributed by atoms with Crippen LogP contribution in [-0.2, 0) is 12.8 Å². The Hall–Kier alpha value is -2.01. The molecule has 1 aromatic heterocycles. The Morgan fingerprint density at radius 3 is 2.65 bits per heavy atom. The fraction of sp³-hybridized carbons (Fsp3) is 0.571. The average Bonchev–Trinajstić information content (AvgIpc) is 3.29. The highest BCUT2D eigenvalue weighted by Gasteiger charge is 2.26. The minimum Gasteiger partial charge on any atom is -0.454 e. The van der Waals surface area contributed by atoms with Crippen LogP contribution < -0.4 is 14.8 Å². The summed E-state index contributed by atoms with van der Waals surface area (Å²) in [7, 11) is 0. The van der Waals surface area contributed by atoms with Crippen molar-refractivity contribution in [2.75, 3.05) is 25.2 Å². The Kier molecular flexibility index (Phi) is 3.92. The fourth-order valence-electron chi connectivity index (χ4n) is 4.58. The van der Waals surface area contributed by atoms with Crippen LogP contribution in [0.5, 0.6) is 11.5 Å². The Morgan fingerprint density at radius 2 is 1.88 bits per heavy atom. The monoisotopic (exact) mass is 353 g/mol. The van der Waals surface area contributed by atoms with Gasteiger partial charge in [-0.15, -0.1) is 0 Å². The standard InChI is InChI=1S/C21H27N3O2/c1-13(2)24-8-6-14(7-9-24)22-21-15-4-3-5-17(15)23-18-11-20-19(10-16(18)21)25-12-26-20/h10-11,13-14H,3-9,12H2,1-2H3,(H,22,23). The molecular weight excluding hydrogens is 326 g/mol. The Labute approximate surface area is 154 Å². The van der Waals surface area contributed by atoms with Gasteiger partial charge in [-0.05, 0) is 57.6 Å². The van der Waals surface area contributed by atoms with E-state index >= 15 is 0 Å². The van der Waals surface area contributed by atoms with Crippen molar-refractivity contribution in [1.82, 2.24) is 9.88 Å². The van der Waals surface area contributed by atoms with Gasteiger partial charge in [-0.1, -0.05) is 0 Å². The lowest BCUT2D eigenvalue weighted by atomic mass is 10.0. The van der Waals surface area contributed by atoms with Crippen LogP contribution in [0, 0.1) is 0 Å². The molecule has 0 radical (unpaired) electrons. The molecule has 1 N–H and O–H groups in total. The highest BCUT2D eigenvalue weighted by atomic mass is 16.7. The van der Waals surface area contributed by atoms with Gasteiger partial charge in [-0.3, -0.25) is 4.98 Å². The number of hydrogen-bond acceptors (Lipinski definition) is 5. The number of ether oxygens (including phenoxy) is 2. The second-order valence-corrected chi connectivity index (χ2v) is 8.04. The van der Waals surface area contributed by atoms with Gasteiger partial charge in [-0.2, -0.15) is 0 Å². The van der Waals surface area contributed by atoms with E-state index in [0.29, 0.717) is 18.9 Å². The largest absolute Gasteiger partial charge is 0.454 e. The van der Waals surface area contributed by atoms with E-state index < -0.39 is 0 Å². The van der Waals surface area contributed by atoms with Gasteiger partial charge in [0.15, 0.2) is 11.5 Å². The zero-order valence-electron chi connectivity index (χ0n) is 15.7. The first-order valence-electron chi connectivity index (χ1n) is 9.95. The highest BCUT2D eigenvalue weighted by molar-refractivity contribution is 5.96. The summed E-state index contributed by atoms with van der Waals surface area (Å²) < 4.78 is 11.2. The van der Waals surface area contributed by atoms with Crippen LogP contribution in [0.4, 0.5) is 5.69 Å². The third kappa shape index (κ3) is 2.69. The van der Waals surface area contributed by atoms with Crippen LogP contribution in [-0.4, -0.2) is 41.9 Å². The molecule has 0 spiro atoms. The number of pyridine rings is 1. The number of anilines is 1. The summed E-state index contributed by atoms with van der Waals surface area (Å²) in [6, 6.07) is 5.34. The molecule has 3 heterocycles. The molecule has 5 nitrogen and oxygen atoms in total. The first kappa shape index (κ1) is 16.2. The molecular formula is C21H27N3O2. The number of nitrogens with zero attached hydrogens (tertiary/aromatic N) is 2. The average molecular weight is 353 g/mol. The molecule has 1 aliphatic carbocycles. The second kappa shape index (κ2) is 6.31. The van der Waals surface area contributed by atoms with E-state index in [1.807, 2.05) is 6.07 Å². The van der Waals surface area contributed by atoms with Gasteiger partial charge in [-0.25, -0.2) is 0 Å². The van der Waals surface area contributed by atoms with Gasteiger partial charge in [0.2, 0.25) is 6.79 Å². The van der Waals surface area contributed by atoms with Crippen LogP contribution in [0.3, 0.4) is 0 Å². The van der Waals surface area contributed by atoms with E-state index in [9.17, 15) is 0 Å². The molecule has 5 heteroatoms.